The lowest BCUT2D eigenvalue weighted by Crippen LogP contribution is -2.33. The molecular weight excluding hydrogens is 477 g/mol. The SMILES string of the molecule is COc1ccc(-c2nc3ccccc3s2)c(NC(=O)c2ccc(OCCN3CCCCC3)c(F)c2)c1. The number of carbonyl (C=O) groups is 1. The van der Waals surface area contributed by atoms with E-state index >= 15 is 0 Å². The molecule has 1 amide bonds. The molecule has 0 radical (unpaired) electrons. The standard InChI is InChI=1S/C28H28FN3O3S/c1-34-20-10-11-21(28-31-23-7-3-4-8-26(23)36-28)24(18-20)30-27(33)19-9-12-25(22(29)17-19)35-16-15-32-13-5-2-6-14-32/h3-4,7-12,17-18H,2,5-6,13-16H2,1H3,(H,30,33). The number of likely N-dealkylation sites (tertiary alicyclic amines) is 1. The van der Waals surface area contributed by atoms with E-state index in [4.69, 9.17) is 14.5 Å². The van der Waals surface area contributed by atoms with Crippen LogP contribution in [0.1, 0.15) is 29.6 Å². The number of methoxy groups -OCH3 is 1. The van der Waals surface area contributed by atoms with E-state index in [9.17, 15) is 9.18 Å². The number of nitrogens with zero attached hydrogens (tertiary/aromatic N) is 2. The van der Waals surface area contributed by atoms with Crippen molar-refractivity contribution in [2.45, 2.75) is 19.3 Å². The van der Waals surface area contributed by atoms with Gasteiger partial charge in [0.1, 0.15) is 17.4 Å². The Balaban J connectivity index is 1.31. The third-order valence-electron chi connectivity index (χ3n) is 6.31. The number of aromatic nitrogens is 1. The van der Waals surface area contributed by atoms with Crippen molar-refractivity contribution in [3.05, 3.63) is 72.0 Å². The van der Waals surface area contributed by atoms with Crippen molar-refractivity contribution < 1.29 is 18.7 Å². The van der Waals surface area contributed by atoms with Gasteiger partial charge in [0.15, 0.2) is 11.6 Å². The highest BCUT2D eigenvalue weighted by Gasteiger charge is 2.17. The minimum atomic E-state index is -0.557. The van der Waals surface area contributed by atoms with Crippen LogP contribution in [0, 0.1) is 5.82 Å². The quantitative estimate of drug-likeness (QED) is 0.308. The molecular formula is C28H28FN3O3S. The minimum Gasteiger partial charge on any atom is -0.497 e. The van der Waals surface area contributed by atoms with Crippen LogP contribution in [0.3, 0.4) is 0 Å². The number of nitrogens with one attached hydrogen (secondary N) is 1. The predicted molar refractivity (Wildman–Crippen MR) is 142 cm³/mol. The van der Waals surface area contributed by atoms with Crippen LogP contribution in [-0.2, 0) is 0 Å². The lowest BCUT2D eigenvalue weighted by atomic mass is 10.1. The maximum atomic E-state index is 14.7. The number of para-hydroxylation sites is 1. The van der Waals surface area contributed by atoms with E-state index in [1.54, 1.807) is 19.2 Å². The molecule has 1 aliphatic heterocycles. The predicted octanol–water partition coefficient (Wildman–Crippen LogP) is 6.23. The largest absolute Gasteiger partial charge is 0.497 e. The van der Waals surface area contributed by atoms with Crippen molar-refractivity contribution in [1.29, 1.82) is 0 Å². The van der Waals surface area contributed by atoms with E-state index in [1.165, 1.54) is 42.7 Å². The highest BCUT2D eigenvalue weighted by molar-refractivity contribution is 7.21. The molecule has 0 bridgehead atoms. The average molecular weight is 506 g/mol. The minimum absolute atomic E-state index is 0.153. The number of thiazole rings is 1. The van der Waals surface area contributed by atoms with Gasteiger partial charge in [-0.3, -0.25) is 9.69 Å². The van der Waals surface area contributed by atoms with Gasteiger partial charge in [0, 0.05) is 23.7 Å². The smallest absolute Gasteiger partial charge is 0.255 e. The molecule has 0 saturated carbocycles. The van der Waals surface area contributed by atoms with E-state index < -0.39 is 11.7 Å². The Morgan fingerprint density at radius 1 is 1.08 bits per heavy atom. The number of piperidine rings is 1. The van der Waals surface area contributed by atoms with E-state index in [-0.39, 0.29) is 11.3 Å². The normalized spacial score (nSPS) is 14.1. The fourth-order valence-corrected chi connectivity index (χ4v) is 5.35. The molecule has 186 valence electrons. The molecule has 0 atom stereocenters. The van der Waals surface area contributed by atoms with Crippen molar-refractivity contribution >= 4 is 33.1 Å². The monoisotopic (exact) mass is 505 g/mol. The lowest BCUT2D eigenvalue weighted by Gasteiger charge is -2.26. The Bertz CT molecular complexity index is 1330. The number of ether oxygens (including phenoxy) is 2. The van der Waals surface area contributed by atoms with Gasteiger partial charge < -0.3 is 14.8 Å². The van der Waals surface area contributed by atoms with Gasteiger partial charge in [0.25, 0.3) is 5.91 Å². The van der Waals surface area contributed by atoms with Crippen LogP contribution < -0.4 is 14.8 Å². The van der Waals surface area contributed by atoms with Gasteiger partial charge in [0.2, 0.25) is 0 Å². The summed E-state index contributed by atoms with van der Waals surface area (Å²) < 4.78 is 26.8. The maximum Gasteiger partial charge on any atom is 0.255 e. The summed E-state index contributed by atoms with van der Waals surface area (Å²) in [6, 6.07) is 17.6. The highest BCUT2D eigenvalue weighted by atomic mass is 32.1. The summed E-state index contributed by atoms with van der Waals surface area (Å²) in [5.41, 5.74) is 2.40. The number of hydrogen-bond donors (Lipinski definition) is 1. The van der Waals surface area contributed by atoms with E-state index in [0.717, 1.165) is 40.4 Å². The Morgan fingerprint density at radius 3 is 2.69 bits per heavy atom. The summed E-state index contributed by atoms with van der Waals surface area (Å²) in [6.07, 6.45) is 3.67. The van der Waals surface area contributed by atoms with Crippen molar-refractivity contribution in [3.8, 4) is 22.1 Å². The van der Waals surface area contributed by atoms with E-state index in [1.807, 2.05) is 36.4 Å². The second kappa shape index (κ2) is 11.1. The first-order valence-electron chi connectivity index (χ1n) is 12.1. The summed E-state index contributed by atoms with van der Waals surface area (Å²) in [5.74, 6) is -0.235. The van der Waals surface area contributed by atoms with Crippen LogP contribution in [-0.4, -0.2) is 49.1 Å². The van der Waals surface area contributed by atoms with Crippen molar-refractivity contribution in [2.75, 3.05) is 38.7 Å². The van der Waals surface area contributed by atoms with Gasteiger partial charge in [-0.05, 0) is 68.4 Å². The summed E-state index contributed by atoms with van der Waals surface area (Å²) in [5, 5.41) is 3.69. The molecule has 1 aromatic heterocycles. The second-order valence-electron chi connectivity index (χ2n) is 8.75. The Morgan fingerprint density at radius 2 is 1.92 bits per heavy atom. The number of fused-ring (bicyclic) bond motifs is 1. The van der Waals surface area contributed by atoms with Gasteiger partial charge in [-0.2, -0.15) is 0 Å². The van der Waals surface area contributed by atoms with Gasteiger partial charge in [-0.25, -0.2) is 9.37 Å². The van der Waals surface area contributed by atoms with Crippen molar-refractivity contribution in [3.63, 3.8) is 0 Å². The molecule has 1 fully saturated rings. The summed E-state index contributed by atoms with van der Waals surface area (Å²) in [7, 11) is 1.57. The zero-order chi connectivity index (χ0) is 24.9. The number of rotatable bonds is 8. The first-order chi connectivity index (χ1) is 17.6. The zero-order valence-electron chi connectivity index (χ0n) is 20.1. The number of benzene rings is 3. The fraction of sp³-hybridized carbons (Fsp3) is 0.286. The molecule has 4 aromatic rings. The van der Waals surface area contributed by atoms with Gasteiger partial charge >= 0.3 is 0 Å². The van der Waals surface area contributed by atoms with Crippen molar-refractivity contribution in [2.24, 2.45) is 0 Å². The van der Waals surface area contributed by atoms with E-state index in [0.29, 0.717) is 18.0 Å². The molecule has 1 saturated heterocycles. The highest BCUT2D eigenvalue weighted by Crippen LogP contribution is 2.36. The van der Waals surface area contributed by atoms with E-state index in [2.05, 4.69) is 10.2 Å². The van der Waals surface area contributed by atoms with Gasteiger partial charge in [0.05, 0.1) is 23.0 Å². The molecule has 0 spiro atoms. The number of halogens is 1. The second-order valence-corrected chi connectivity index (χ2v) is 9.78. The van der Waals surface area contributed by atoms with Crippen LogP contribution in [0.5, 0.6) is 11.5 Å². The molecule has 6 nitrogen and oxygen atoms in total. The van der Waals surface area contributed by atoms with Crippen molar-refractivity contribution in [1.82, 2.24) is 9.88 Å². The number of carbonyl (C=O) groups excluding carboxylic acids is 1. The fourth-order valence-electron chi connectivity index (χ4n) is 4.35. The molecule has 1 aliphatic rings. The molecule has 8 heteroatoms. The Labute approximate surface area is 213 Å². The molecule has 5 rings (SSSR count). The van der Waals surface area contributed by atoms with Crippen LogP contribution in [0.2, 0.25) is 0 Å². The Kier molecular flexibility index (Phi) is 7.44. The number of amides is 1. The number of anilines is 1. The third kappa shape index (κ3) is 5.50. The number of hydrogen-bond acceptors (Lipinski definition) is 6. The van der Waals surface area contributed by atoms with Gasteiger partial charge in [-0.1, -0.05) is 18.6 Å². The molecule has 0 unspecified atom stereocenters. The average Bonchev–Trinajstić information content (AvgIpc) is 3.34. The molecule has 3 aromatic carbocycles. The van der Waals surface area contributed by atoms with Crippen LogP contribution >= 0.6 is 11.3 Å². The summed E-state index contributed by atoms with van der Waals surface area (Å²) in [6.45, 7) is 3.31. The first kappa shape index (κ1) is 24.2. The topological polar surface area (TPSA) is 63.7 Å². The summed E-state index contributed by atoms with van der Waals surface area (Å²) in [4.78, 5) is 20.1. The van der Waals surface area contributed by atoms with Gasteiger partial charge in [-0.15, -0.1) is 11.3 Å². The molecule has 36 heavy (non-hydrogen) atoms. The lowest BCUT2D eigenvalue weighted by molar-refractivity contribution is 0.102. The zero-order valence-corrected chi connectivity index (χ0v) is 20.9. The van der Waals surface area contributed by atoms with Crippen LogP contribution in [0.25, 0.3) is 20.8 Å². The molecule has 2 heterocycles. The maximum absolute atomic E-state index is 14.7. The third-order valence-corrected chi connectivity index (χ3v) is 7.38. The summed E-state index contributed by atoms with van der Waals surface area (Å²) >= 11 is 1.54. The van der Waals surface area contributed by atoms with Crippen LogP contribution in [0.4, 0.5) is 10.1 Å². The van der Waals surface area contributed by atoms with Crippen LogP contribution in [0.15, 0.2) is 60.7 Å². The first-order valence-corrected chi connectivity index (χ1v) is 12.9. The molecule has 0 aliphatic carbocycles. The Hall–Kier alpha value is -3.49. The molecule has 1 N–H and O–H groups in total.